The van der Waals surface area contributed by atoms with Gasteiger partial charge in [0.1, 0.15) is 5.82 Å². The van der Waals surface area contributed by atoms with Crippen molar-refractivity contribution in [2.45, 2.75) is 0 Å². The molecule has 5 heteroatoms. The molecule has 0 spiro atoms. The Kier molecular flexibility index (Phi) is 2.88. The summed E-state index contributed by atoms with van der Waals surface area (Å²) < 4.78 is 18.4. The molecule has 2 nitrogen and oxygen atoms in total. The molecule has 1 aromatic carbocycles. The molecule has 0 saturated carbocycles. The first-order chi connectivity index (χ1) is 7.20. The molecule has 2 rings (SSSR count). The number of benzene rings is 1. The van der Waals surface area contributed by atoms with Crippen LogP contribution in [0.1, 0.15) is 0 Å². The second-order valence-electron chi connectivity index (χ2n) is 2.83. The van der Waals surface area contributed by atoms with Crippen LogP contribution in [0.25, 0.3) is 11.3 Å². The van der Waals surface area contributed by atoms with Crippen LogP contribution in [0.5, 0.6) is 5.19 Å². The van der Waals surface area contributed by atoms with E-state index >= 15 is 0 Å². The van der Waals surface area contributed by atoms with E-state index in [2.05, 4.69) is 4.98 Å². The summed E-state index contributed by atoms with van der Waals surface area (Å²) >= 11 is 7.10. The van der Waals surface area contributed by atoms with E-state index in [1.165, 1.54) is 30.6 Å². The highest BCUT2D eigenvalue weighted by Crippen LogP contribution is 2.29. The largest absolute Gasteiger partial charge is 0.473 e. The Morgan fingerprint density at radius 1 is 1.47 bits per heavy atom. The van der Waals surface area contributed by atoms with Gasteiger partial charge in [0.15, 0.2) is 0 Å². The number of methoxy groups -OCH3 is 1. The van der Waals surface area contributed by atoms with Crippen LogP contribution in [0.15, 0.2) is 23.6 Å². The fourth-order valence-corrected chi connectivity index (χ4v) is 1.98. The van der Waals surface area contributed by atoms with Gasteiger partial charge in [-0.2, -0.15) is 0 Å². The van der Waals surface area contributed by atoms with Crippen LogP contribution in [0, 0.1) is 5.82 Å². The normalized spacial score (nSPS) is 10.3. The zero-order valence-electron chi connectivity index (χ0n) is 7.83. The zero-order chi connectivity index (χ0) is 10.8. The molecule has 0 aliphatic carbocycles. The monoisotopic (exact) mass is 243 g/mol. The summed E-state index contributed by atoms with van der Waals surface area (Å²) in [5, 5.41) is 2.72. The lowest BCUT2D eigenvalue weighted by Crippen LogP contribution is -1.85. The Balaban J connectivity index is 2.48. The highest BCUT2D eigenvalue weighted by atomic mass is 35.5. The molecule has 0 atom stereocenters. The first-order valence-corrected chi connectivity index (χ1v) is 5.41. The average Bonchev–Trinajstić information content (AvgIpc) is 2.70. The number of ether oxygens (including phenoxy) is 1. The van der Waals surface area contributed by atoms with Gasteiger partial charge in [-0.05, 0) is 18.2 Å². The van der Waals surface area contributed by atoms with Crippen molar-refractivity contribution in [3.63, 3.8) is 0 Å². The van der Waals surface area contributed by atoms with Crippen LogP contribution < -0.4 is 4.74 Å². The maximum atomic E-state index is 13.4. The molecule has 0 radical (unpaired) electrons. The Labute approximate surface area is 95.3 Å². The lowest BCUT2D eigenvalue weighted by molar-refractivity contribution is 0.412. The molecular formula is C10H7ClFNOS. The molecule has 0 aliphatic rings. The summed E-state index contributed by atoms with van der Waals surface area (Å²) in [6, 6.07) is 4.37. The molecule has 0 fully saturated rings. The van der Waals surface area contributed by atoms with Crippen molar-refractivity contribution >= 4 is 22.9 Å². The van der Waals surface area contributed by atoms with Crippen LogP contribution in [0.4, 0.5) is 4.39 Å². The van der Waals surface area contributed by atoms with E-state index in [4.69, 9.17) is 16.3 Å². The molecule has 0 amide bonds. The lowest BCUT2D eigenvalue weighted by atomic mass is 10.1. The van der Waals surface area contributed by atoms with Crippen molar-refractivity contribution in [3.05, 3.63) is 34.4 Å². The predicted molar refractivity (Wildman–Crippen MR) is 59.1 cm³/mol. The average molecular weight is 244 g/mol. The lowest BCUT2D eigenvalue weighted by Gasteiger charge is -1.99. The van der Waals surface area contributed by atoms with Gasteiger partial charge in [0, 0.05) is 16.0 Å². The van der Waals surface area contributed by atoms with E-state index in [0.29, 0.717) is 21.5 Å². The summed E-state index contributed by atoms with van der Waals surface area (Å²) in [5.74, 6) is -0.340. The summed E-state index contributed by atoms with van der Waals surface area (Å²) in [4.78, 5) is 4.10. The van der Waals surface area contributed by atoms with Crippen LogP contribution in [0.3, 0.4) is 0 Å². The molecule has 0 N–H and O–H groups in total. The van der Waals surface area contributed by atoms with Crippen LogP contribution in [-0.2, 0) is 0 Å². The molecule has 1 heterocycles. The van der Waals surface area contributed by atoms with Gasteiger partial charge >= 0.3 is 0 Å². The van der Waals surface area contributed by atoms with E-state index in [1.54, 1.807) is 11.4 Å². The van der Waals surface area contributed by atoms with E-state index in [0.717, 1.165) is 0 Å². The fourth-order valence-electron chi connectivity index (χ4n) is 1.17. The Hall–Kier alpha value is -1.13. The van der Waals surface area contributed by atoms with Crippen molar-refractivity contribution in [1.82, 2.24) is 4.98 Å². The third kappa shape index (κ3) is 2.11. The van der Waals surface area contributed by atoms with Crippen molar-refractivity contribution in [3.8, 4) is 16.5 Å². The Morgan fingerprint density at radius 3 is 2.93 bits per heavy atom. The third-order valence-electron chi connectivity index (χ3n) is 1.86. The molecule has 0 saturated heterocycles. The number of halogens is 2. The molecule has 0 aliphatic heterocycles. The number of thiazole rings is 1. The van der Waals surface area contributed by atoms with Crippen molar-refractivity contribution in [1.29, 1.82) is 0 Å². The van der Waals surface area contributed by atoms with Crippen LogP contribution in [0.2, 0.25) is 5.02 Å². The maximum Gasteiger partial charge on any atom is 0.273 e. The van der Waals surface area contributed by atoms with Crippen molar-refractivity contribution in [2.75, 3.05) is 7.11 Å². The van der Waals surface area contributed by atoms with Gasteiger partial charge in [-0.3, -0.25) is 0 Å². The maximum absolute atomic E-state index is 13.4. The quantitative estimate of drug-likeness (QED) is 0.804. The Bertz CT molecular complexity index is 486. The standard InChI is InChI=1S/C10H7ClFNOS/c1-14-10-13-9(5-15-10)7-4-6(11)2-3-8(7)12/h2-5H,1H3. The molecule has 15 heavy (non-hydrogen) atoms. The topological polar surface area (TPSA) is 22.1 Å². The number of nitrogens with zero attached hydrogens (tertiary/aromatic N) is 1. The number of hydrogen-bond donors (Lipinski definition) is 0. The summed E-state index contributed by atoms with van der Waals surface area (Å²) in [7, 11) is 1.52. The van der Waals surface area contributed by atoms with E-state index in [1.807, 2.05) is 0 Å². The van der Waals surface area contributed by atoms with E-state index in [-0.39, 0.29) is 5.82 Å². The fraction of sp³-hybridized carbons (Fsp3) is 0.100. The van der Waals surface area contributed by atoms with Gasteiger partial charge in [-0.1, -0.05) is 22.9 Å². The number of rotatable bonds is 2. The SMILES string of the molecule is COc1nc(-c2cc(Cl)ccc2F)cs1. The minimum Gasteiger partial charge on any atom is -0.473 e. The summed E-state index contributed by atoms with van der Waals surface area (Å²) in [6.45, 7) is 0. The van der Waals surface area contributed by atoms with Gasteiger partial charge in [0.05, 0.1) is 12.8 Å². The van der Waals surface area contributed by atoms with Crippen molar-refractivity contribution in [2.24, 2.45) is 0 Å². The molecule has 0 bridgehead atoms. The molecular weight excluding hydrogens is 237 g/mol. The van der Waals surface area contributed by atoms with Crippen LogP contribution in [-0.4, -0.2) is 12.1 Å². The minimum absolute atomic E-state index is 0.340. The van der Waals surface area contributed by atoms with Gasteiger partial charge in [0.2, 0.25) is 0 Å². The van der Waals surface area contributed by atoms with Gasteiger partial charge in [-0.25, -0.2) is 9.37 Å². The minimum atomic E-state index is -0.340. The second-order valence-corrected chi connectivity index (χ2v) is 4.08. The van der Waals surface area contributed by atoms with Crippen molar-refractivity contribution < 1.29 is 9.13 Å². The first-order valence-electron chi connectivity index (χ1n) is 4.15. The third-order valence-corrected chi connectivity index (χ3v) is 2.90. The predicted octanol–water partition coefficient (Wildman–Crippen LogP) is 3.61. The Morgan fingerprint density at radius 2 is 2.27 bits per heavy atom. The van der Waals surface area contributed by atoms with Gasteiger partial charge in [0.25, 0.3) is 5.19 Å². The zero-order valence-corrected chi connectivity index (χ0v) is 9.40. The van der Waals surface area contributed by atoms with Gasteiger partial charge in [-0.15, -0.1) is 0 Å². The second kappa shape index (κ2) is 4.16. The highest BCUT2D eigenvalue weighted by molar-refractivity contribution is 7.11. The number of hydrogen-bond acceptors (Lipinski definition) is 3. The van der Waals surface area contributed by atoms with E-state index < -0.39 is 0 Å². The van der Waals surface area contributed by atoms with Gasteiger partial charge < -0.3 is 4.74 Å². The van der Waals surface area contributed by atoms with Crippen LogP contribution >= 0.6 is 22.9 Å². The molecule has 0 unspecified atom stereocenters. The number of aromatic nitrogens is 1. The first kappa shape index (κ1) is 10.4. The summed E-state index contributed by atoms with van der Waals surface area (Å²) in [6.07, 6.45) is 0. The smallest absolute Gasteiger partial charge is 0.273 e. The van der Waals surface area contributed by atoms with E-state index in [9.17, 15) is 4.39 Å². The molecule has 2 aromatic rings. The summed E-state index contributed by atoms with van der Waals surface area (Å²) in [5.41, 5.74) is 0.930. The highest BCUT2D eigenvalue weighted by Gasteiger charge is 2.09. The molecule has 78 valence electrons. The molecule has 1 aromatic heterocycles.